The van der Waals surface area contributed by atoms with Crippen LogP contribution in [0.15, 0.2) is 21.6 Å². The Balaban J connectivity index is 1.57. The van der Waals surface area contributed by atoms with Crippen LogP contribution in [0.2, 0.25) is 0 Å². The van der Waals surface area contributed by atoms with Gasteiger partial charge in [-0.05, 0) is 52.8 Å². The van der Waals surface area contributed by atoms with E-state index in [-0.39, 0.29) is 28.6 Å². The normalized spacial score (nSPS) is 19.9. The molecule has 3 rings (SSSR count). The van der Waals surface area contributed by atoms with Gasteiger partial charge in [0.25, 0.3) is 15.9 Å². The van der Waals surface area contributed by atoms with Gasteiger partial charge in [-0.1, -0.05) is 0 Å². The second-order valence-electron chi connectivity index (χ2n) is 9.17. The molecule has 0 radical (unpaired) electrons. The number of piperidine rings is 1. The molecule has 3 heterocycles. The number of furan rings is 1. The maximum atomic E-state index is 12.8. The minimum absolute atomic E-state index is 0.00636. The van der Waals surface area contributed by atoms with E-state index >= 15 is 0 Å². The van der Waals surface area contributed by atoms with E-state index in [1.54, 1.807) is 25.7 Å². The number of nitrogens with zero attached hydrogens (tertiary/aromatic N) is 3. The monoisotopic (exact) mass is 440 g/mol. The summed E-state index contributed by atoms with van der Waals surface area (Å²) in [4.78, 5) is 31.3. The van der Waals surface area contributed by atoms with Crippen molar-refractivity contribution in [2.75, 3.05) is 46.3 Å². The average molecular weight is 441 g/mol. The van der Waals surface area contributed by atoms with Crippen LogP contribution in [0.3, 0.4) is 0 Å². The van der Waals surface area contributed by atoms with E-state index in [1.807, 2.05) is 4.90 Å². The number of sulfonamides is 1. The van der Waals surface area contributed by atoms with Crippen molar-refractivity contribution in [3.05, 3.63) is 17.9 Å². The molecular weight excluding hydrogens is 408 g/mol. The van der Waals surface area contributed by atoms with Gasteiger partial charge >= 0.3 is 0 Å². The highest BCUT2D eigenvalue weighted by Gasteiger charge is 2.33. The number of hydrogen-bond acceptors (Lipinski definition) is 6. The largest absolute Gasteiger partial charge is 0.438 e. The Bertz CT molecular complexity index is 873. The van der Waals surface area contributed by atoms with Gasteiger partial charge in [0.1, 0.15) is 0 Å². The van der Waals surface area contributed by atoms with E-state index in [9.17, 15) is 18.0 Å². The van der Waals surface area contributed by atoms with Gasteiger partial charge in [-0.25, -0.2) is 13.1 Å². The molecule has 10 heteroatoms. The fourth-order valence-corrected chi connectivity index (χ4v) is 5.16. The SMILES string of the molecule is CN1CCN(C(=O)C2CCN(C(=O)c3ccc(S(=O)(=O)NC(C)(C)C)o3)CC2)CC1. The number of hydrogen-bond donors (Lipinski definition) is 1. The molecule has 1 aromatic rings. The number of nitrogens with one attached hydrogen (secondary N) is 1. The zero-order chi connectivity index (χ0) is 22.1. The van der Waals surface area contributed by atoms with E-state index in [1.165, 1.54) is 12.1 Å². The van der Waals surface area contributed by atoms with Crippen LogP contribution >= 0.6 is 0 Å². The van der Waals surface area contributed by atoms with Gasteiger partial charge < -0.3 is 19.1 Å². The zero-order valence-corrected chi connectivity index (χ0v) is 19.0. The molecule has 30 heavy (non-hydrogen) atoms. The minimum Gasteiger partial charge on any atom is -0.438 e. The molecule has 0 spiro atoms. The average Bonchev–Trinajstić information content (AvgIpc) is 3.17. The standard InChI is InChI=1S/C20H32N4O5S/c1-20(2,3)21-30(27,28)17-6-5-16(29-17)19(26)23-9-7-15(8-10-23)18(25)24-13-11-22(4)12-14-24/h5-6,15,21H,7-14H2,1-4H3. The summed E-state index contributed by atoms with van der Waals surface area (Å²) in [5.41, 5.74) is -0.659. The van der Waals surface area contributed by atoms with Crippen molar-refractivity contribution in [1.82, 2.24) is 19.4 Å². The molecule has 2 aliphatic rings. The van der Waals surface area contributed by atoms with Crippen molar-refractivity contribution >= 4 is 21.8 Å². The Morgan fingerprint density at radius 3 is 2.17 bits per heavy atom. The van der Waals surface area contributed by atoms with Crippen LogP contribution in [-0.4, -0.2) is 86.8 Å². The van der Waals surface area contributed by atoms with Gasteiger partial charge in [-0.3, -0.25) is 9.59 Å². The number of carbonyl (C=O) groups is 2. The quantitative estimate of drug-likeness (QED) is 0.749. The van der Waals surface area contributed by atoms with Gasteiger partial charge in [-0.2, -0.15) is 0 Å². The number of rotatable bonds is 4. The van der Waals surface area contributed by atoms with Crippen LogP contribution in [0, 0.1) is 5.92 Å². The van der Waals surface area contributed by atoms with Crippen molar-refractivity contribution in [2.45, 2.75) is 44.2 Å². The number of likely N-dealkylation sites (tertiary alicyclic amines) is 1. The van der Waals surface area contributed by atoms with E-state index in [4.69, 9.17) is 4.42 Å². The molecule has 2 amide bonds. The molecule has 9 nitrogen and oxygen atoms in total. The number of piperazine rings is 1. The summed E-state index contributed by atoms with van der Waals surface area (Å²) >= 11 is 0. The van der Waals surface area contributed by atoms with Crippen LogP contribution in [0.4, 0.5) is 0 Å². The molecule has 0 aliphatic carbocycles. The van der Waals surface area contributed by atoms with Gasteiger partial charge in [0, 0.05) is 50.7 Å². The van der Waals surface area contributed by atoms with Crippen molar-refractivity contribution < 1.29 is 22.4 Å². The highest BCUT2D eigenvalue weighted by Crippen LogP contribution is 2.23. The molecule has 0 bridgehead atoms. The maximum absolute atomic E-state index is 12.8. The first-order chi connectivity index (χ1) is 14.0. The van der Waals surface area contributed by atoms with E-state index in [0.29, 0.717) is 25.9 Å². The number of likely N-dealkylation sites (N-methyl/N-ethyl adjacent to an activating group) is 1. The third-order valence-corrected chi connectivity index (χ3v) is 7.07. The topological polar surface area (TPSA) is 103 Å². The lowest BCUT2D eigenvalue weighted by molar-refractivity contribution is -0.138. The molecule has 0 unspecified atom stereocenters. The lowest BCUT2D eigenvalue weighted by Gasteiger charge is -2.37. The van der Waals surface area contributed by atoms with Gasteiger partial charge in [-0.15, -0.1) is 0 Å². The lowest BCUT2D eigenvalue weighted by atomic mass is 9.94. The number of carbonyl (C=O) groups excluding carboxylic acids is 2. The van der Waals surface area contributed by atoms with Crippen molar-refractivity contribution in [3.63, 3.8) is 0 Å². The Hall–Kier alpha value is -1.91. The minimum atomic E-state index is -3.84. The van der Waals surface area contributed by atoms with E-state index in [2.05, 4.69) is 16.7 Å². The van der Waals surface area contributed by atoms with Crippen LogP contribution in [0.1, 0.15) is 44.2 Å². The Labute approximate surface area is 178 Å². The third-order valence-electron chi connectivity index (χ3n) is 5.44. The zero-order valence-electron chi connectivity index (χ0n) is 18.2. The molecule has 2 aliphatic heterocycles. The van der Waals surface area contributed by atoms with E-state index in [0.717, 1.165) is 26.2 Å². The second-order valence-corrected chi connectivity index (χ2v) is 10.8. The molecule has 2 fully saturated rings. The Morgan fingerprint density at radius 2 is 1.60 bits per heavy atom. The summed E-state index contributed by atoms with van der Waals surface area (Å²) in [7, 11) is -1.79. The first-order valence-electron chi connectivity index (χ1n) is 10.4. The van der Waals surface area contributed by atoms with Crippen LogP contribution in [-0.2, 0) is 14.8 Å². The predicted octanol–water partition coefficient (Wildman–Crippen LogP) is 0.983. The van der Waals surface area contributed by atoms with Gasteiger partial charge in [0.2, 0.25) is 11.0 Å². The van der Waals surface area contributed by atoms with Crippen molar-refractivity contribution in [2.24, 2.45) is 5.92 Å². The summed E-state index contributed by atoms with van der Waals surface area (Å²) in [6.07, 6.45) is 1.21. The molecule has 2 saturated heterocycles. The van der Waals surface area contributed by atoms with Crippen molar-refractivity contribution in [1.29, 1.82) is 0 Å². The molecule has 0 aromatic carbocycles. The molecular formula is C20H32N4O5S. The fourth-order valence-electron chi connectivity index (χ4n) is 3.80. The number of amides is 2. The first kappa shape index (κ1) is 22.8. The lowest BCUT2D eigenvalue weighted by Crippen LogP contribution is -2.51. The first-order valence-corrected chi connectivity index (χ1v) is 11.8. The Morgan fingerprint density at radius 1 is 1.00 bits per heavy atom. The summed E-state index contributed by atoms with van der Waals surface area (Å²) in [5, 5.41) is -0.277. The van der Waals surface area contributed by atoms with Gasteiger partial charge in [0.05, 0.1) is 0 Å². The second kappa shape index (κ2) is 8.68. The highest BCUT2D eigenvalue weighted by atomic mass is 32.2. The summed E-state index contributed by atoms with van der Waals surface area (Å²) < 4.78 is 32.6. The van der Waals surface area contributed by atoms with E-state index < -0.39 is 15.6 Å². The predicted molar refractivity (Wildman–Crippen MR) is 111 cm³/mol. The summed E-state index contributed by atoms with van der Waals surface area (Å²) in [6.45, 7) is 9.36. The smallest absolute Gasteiger partial charge is 0.289 e. The van der Waals surface area contributed by atoms with Gasteiger partial charge in [0.15, 0.2) is 5.76 Å². The molecule has 1 N–H and O–H groups in total. The van der Waals surface area contributed by atoms with Crippen LogP contribution in [0.25, 0.3) is 0 Å². The molecule has 0 atom stereocenters. The van der Waals surface area contributed by atoms with Crippen LogP contribution in [0.5, 0.6) is 0 Å². The third kappa shape index (κ3) is 5.41. The Kier molecular flexibility index (Phi) is 6.59. The summed E-state index contributed by atoms with van der Waals surface area (Å²) in [5.74, 6) is -0.248. The molecule has 0 saturated carbocycles. The summed E-state index contributed by atoms with van der Waals surface area (Å²) in [6, 6.07) is 2.69. The molecule has 168 valence electrons. The highest BCUT2D eigenvalue weighted by molar-refractivity contribution is 7.89. The van der Waals surface area contributed by atoms with Crippen LogP contribution < -0.4 is 4.72 Å². The molecule has 1 aromatic heterocycles. The maximum Gasteiger partial charge on any atom is 0.289 e. The fraction of sp³-hybridized carbons (Fsp3) is 0.700. The van der Waals surface area contributed by atoms with Crippen molar-refractivity contribution in [3.8, 4) is 0 Å².